The van der Waals surface area contributed by atoms with Crippen molar-refractivity contribution in [2.24, 2.45) is 7.05 Å². The van der Waals surface area contributed by atoms with Crippen molar-refractivity contribution in [3.63, 3.8) is 0 Å². The van der Waals surface area contributed by atoms with Crippen LogP contribution in [0.5, 0.6) is 0 Å². The monoisotopic (exact) mass is 275 g/mol. The van der Waals surface area contributed by atoms with Crippen molar-refractivity contribution < 1.29 is 0 Å². The first-order chi connectivity index (χ1) is 9.20. The smallest absolute Gasteiger partial charge is 0.150 e. The lowest BCUT2D eigenvalue weighted by Crippen LogP contribution is -2.32. The second-order valence-electron chi connectivity index (χ2n) is 5.17. The van der Waals surface area contributed by atoms with Crippen LogP contribution < -0.4 is 10.2 Å². The molecule has 5 nitrogen and oxygen atoms in total. The van der Waals surface area contributed by atoms with Crippen molar-refractivity contribution in [1.29, 1.82) is 0 Å². The van der Waals surface area contributed by atoms with Gasteiger partial charge in [-0.1, -0.05) is 11.6 Å². The van der Waals surface area contributed by atoms with Crippen molar-refractivity contribution >= 4 is 23.1 Å². The second kappa shape index (κ2) is 3.87. The minimum absolute atomic E-state index is 0.517. The highest BCUT2D eigenvalue weighted by Crippen LogP contribution is 2.39. The van der Waals surface area contributed by atoms with Gasteiger partial charge in [0, 0.05) is 37.9 Å². The van der Waals surface area contributed by atoms with Gasteiger partial charge in [0.15, 0.2) is 5.82 Å². The van der Waals surface area contributed by atoms with Gasteiger partial charge >= 0.3 is 0 Å². The first-order valence-electron chi connectivity index (χ1n) is 6.42. The first-order valence-corrected chi connectivity index (χ1v) is 6.79. The van der Waals surface area contributed by atoms with Gasteiger partial charge in [-0.25, -0.2) is 4.98 Å². The number of nitrogens with zero attached hydrogens (tertiary/aromatic N) is 4. The van der Waals surface area contributed by atoms with Crippen molar-refractivity contribution in [3.8, 4) is 11.3 Å². The molecule has 0 amide bonds. The Kier molecular flexibility index (Phi) is 2.26. The fourth-order valence-corrected chi connectivity index (χ4v) is 3.12. The molecule has 4 rings (SSSR count). The molecule has 98 valence electrons. The van der Waals surface area contributed by atoms with Crippen molar-refractivity contribution in [1.82, 2.24) is 14.8 Å². The van der Waals surface area contributed by atoms with Crippen LogP contribution in [-0.4, -0.2) is 33.9 Å². The van der Waals surface area contributed by atoms with Crippen molar-refractivity contribution in [3.05, 3.63) is 23.5 Å². The number of anilines is 2. The molecule has 0 aliphatic carbocycles. The predicted octanol–water partition coefficient (Wildman–Crippen LogP) is 2.14. The van der Waals surface area contributed by atoms with Gasteiger partial charge < -0.3 is 10.2 Å². The summed E-state index contributed by atoms with van der Waals surface area (Å²) in [6.07, 6.45) is 4.88. The Hall–Kier alpha value is -1.75. The molecule has 2 aromatic heterocycles. The Morgan fingerprint density at radius 2 is 2.37 bits per heavy atom. The SMILES string of the molecule is Cn1cc(-c2nc3c(cc2Cl)N2CCC(C2)N3)cn1. The zero-order chi connectivity index (χ0) is 13.0. The molecule has 2 aliphatic rings. The number of hydrogen-bond acceptors (Lipinski definition) is 4. The third kappa shape index (κ3) is 1.69. The molecule has 2 bridgehead atoms. The van der Waals surface area contributed by atoms with E-state index in [0.717, 1.165) is 42.3 Å². The van der Waals surface area contributed by atoms with Crippen molar-refractivity contribution in [2.75, 3.05) is 23.3 Å². The number of pyridine rings is 1. The molecule has 2 aromatic rings. The Bertz CT molecular complexity index is 650. The van der Waals surface area contributed by atoms with Crippen LogP contribution in [0.25, 0.3) is 11.3 Å². The van der Waals surface area contributed by atoms with Crippen LogP contribution in [0.4, 0.5) is 11.5 Å². The molecule has 2 aliphatic heterocycles. The topological polar surface area (TPSA) is 46.0 Å². The lowest BCUT2D eigenvalue weighted by Gasteiger charge is -2.28. The van der Waals surface area contributed by atoms with Crippen LogP contribution in [0.2, 0.25) is 5.02 Å². The van der Waals surface area contributed by atoms with Gasteiger partial charge in [0.05, 0.1) is 22.6 Å². The molecular weight excluding hydrogens is 262 g/mol. The van der Waals surface area contributed by atoms with E-state index in [2.05, 4.69) is 15.3 Å². The molecule has 0 saturated carbocycles. The standard InChI is InChI=1S/C13H14ClN5/c1-18-6-8(5-15-18)12-10(14)4-11-13(17-12)16-9-2-3-19(11)7-9/h4-6,9H,2-3,7H2,1H3,(H,16,17). The fourth-order valence-electron chi connectivity index (χ4n) is 2.86. The average molecular weight is 276 g/mol. The highest BCUT2D eigenvalue weighted by atomic mass is 35.5. The summed E-state index contributed by atoms with van der Waals surface area (Å²) in [6.45, 7) is 2.13. The Morgan fingerprint density at radius 3 is 3.16 bits per heavy atom. The summed E-state index contributed by atoms with van der Waals surface area (Å²) in [6, 6.07) is 2.53. The van der Waals surface area contributed by atoms with E-state index in [1.165, 1.54) is 0 Å². The molecule has 1 fully saturated rings. The number of rotatable bonds is 1. The van der Waals surface area contributed by atoms with E-state index in [4.69, 9.17) is 16.6 Å². The van der Waals surface area contributed by atoms with Gasteiger partial charge in [0.2, 0.25) is 0 Å². The third-order valence-corrected chi connectivity index (χ3v) is 4.09. The van der Waals surface area contributed by atoms with Gasteiger partial charge in [-0.2, -0.15) is 5.10 Å². The van der Waals surface area contributed by atoms with E-state index in [-0.39, 0.29) is 0 Å². The third-order valence-electron chi connectivity index (χ3n) is 3.80. The summed E-state index contributed by atoms with van der Waals surface area (Å²) >= 11 is 6.39. The summed E-state index contributed by atoms with van der Waals surface area (Å²) in [5.74, 6) is 0.942. The Labute approximate surface area is 116 Å². The zero-order valence-electron chi connectivity index (χ0n) is 10.6. The van der Waals surface area contributed by atoms with E-state index in [9.17, 15) is 0 Å². The quantitative estimate of drug-likeness (QED) is 0.866. The molecule has 0 spiro atoms. The maximum Gasteiger partial charge on any atom is 0.150 e. The van der Waals surface area contributed by atoms with Crippen LogP contribution in [0.15, 0.2) is 18.5 Å². The molecule has 1 atom stereocenters. The molecule has 1 saturated heterocycles. The van der Waals surface area contributed by atoms with E-state index < -0.39 is 0 Å². The first kappa shape index (κ1) is 11.1. The Morgan fingerprint density at radius 1 is 1.47 bits per heavy atom. The summed E-state index contributed by atoms with van der Waals surface area (Å²) < 4.78 is 1.76. The van der Waals surface area contributed by atoms with Gasteiger partial charge in [-0.3, -0.25) is 4.68 Å². The number of aromatic nitrogens is 3. The minimum atomic E-state index is 0.517. The van der Waals surface area contributed by atoms with Gasteiger partial charge in [-0.15, -0.1) is 0 Å². The number of fused-ring (bicyclic) bond motifs is 4. The minimum Gasteiger partial charge on any atom is -0.366 e. The maximum atomic E-state index is 6.39. The molecule has 0 radical (unpaired) electrons. The van der Waals surface area contributed by atoms with Crippen molar-refractivity contribution in [2.45, 2.75) is 12.5 Å². The highest BCUT2D eigenvalue weighted by molar-refractivity contribution is 6.33. The van der Waals surface area contributed by atoms with Gasteiger partial charge in [-0.05, 0) is 12.5 Å². The highest BCUT2D eigenvalue weighted by Gasteiger charge is 2.31. The normalized spacial score (nSPS) is 20.3. The molecular formula is C13H14ClN5. The van der Waals surface area contributed by atoms with Gasteiger partial charge in [0.1, 0.15) is 0 Å². The largest absolute Gasteiger partial charge is 0.366 e. The molecule has 19 heavy (non-hydrogen) atoms. The molecule has 1 unspecified atom stereocenters. The number of hydrogen-bond donors (Lipinski definition) is 1. The Balaban J connectivity index is 1.84. The molecule has 1 N–H and O–H groups in total. The second-order valence-corrected chi connectivity index (χ2v) is 5.57. The van der Waals surface area contributed by atoms with Crippen LogP contribution >= 0.6 is 11.6 Å². The fraction of sp³-hybridized carbons (Fsp3) is 0.385. The van der Waals surface area contributed by atoms with Gasteiger partial charge in [0.25, 0.3) is 0 Å². The van der Waals surface area contributed by atoms with Crippen LogP contribution in [0.3, 0.4) is 0 Å². The van der Waals surface area contributed by atoms with E-state index in [1.807, 2.05) is 19.3 Å². The summed E-state index contributed by atoms with van der Waals surface area (Å²) in [7, 11) is 1.89. The van der Waals surface area contributed by atoms with Crippen LogP contribution in [0, 0.1) is 0 Å². The average Bonchev–Trinajstić information content (AvgIpc) is 2.98. The number of halogens is 1. The number of nitrogens with one attached hydrogen (secondary N) is 1. The summed E-state index contributed by atoms with van der Waals surface area (Å²) in [4.78, 5) is 7.05. The molecule has 0 aromatic carbocycles. The van der Waals surface area contributed by atoms with Crippen LogP contribution in [0.1, 0.15) is 6.42 Å². The zero-order valence-corrected chi connectivity index (χ0v) is 11.4. The number of aryl methyl sites for hydroxylation is 1. The summed E-state index contributed by atoms with van der Waals surface area (Å²) in [5.41, 5.74) is 2.86. The summed E-state index contributed by atoms with van der Waals surface area (Å²) in [5, 5.41) is 8.35. The lowest BCUT2D eigenvalue weighted by atomic mass is 10.2. The molecule has 4 heterocycles. The maximum absolute atomic E-state index is 6.39. The molecule has 6 heteroatoms. The van der Waals surface area contributed by atoms with Crippen LogP contribution in [-0.2, 0) is 7.05 Å². The predicted molar refractivity (Wildman–Crippen MR) is 75.7 cm³/mol. The van der Waals surface area contributed by atoms with E-state index in [0.29, 0.717) is 11.1 Å². The van der Waals surface area contributed by atoms with E-state index in [1.54, 1.807) is 10.9 Å². The van der Waals surface area contributed by atoms with E-state index >= 15 is 0 Å². The lowest BCUT2D eigenvalue weighted by molar-refractivity contribution is 0.768.